The smallest absolute Gasteiger partial charge is 0.174 e. The third kappa shape index (κ3) is 4.24. The standard InChI is InChI=1S/C17H15FO3/c1-12(19)9-16(20)15-10-14(18)7-8-17(15)21-11-13-5-3-2-4-6-13/h2-8,10H,9,11H2,1H3. The van der Waals surface area contributed by atoms with Crippen molar-refractivity contribution in [1.82, 2.24) is 0 Å². The van der Waals surface area contributed by atoms with E-state index in [9.17, 15) is 14.0 Å². The van der Waals surface area contributed by atoms with Gasteiger partial charge >= 0.3 is 0 Å². The van der Waals surface area contributed by atoms with Gasteiger partial charge < -0.3 is 4.74 Å². The summed E-state index contributed by atoms with van der Waals surface area (Å²) in [6.45, 7) is 1.59. The number of hydrogen-bond acceptors (Lipinski definition) is 3. The van der Waals surface area contributed by atoms with Crippen molar-refractivity contribution in [3.63, 3.8) is 0 Å². The van der Waals surface area contributed by atoms with Crippen molar-refractivity contribution in [1.29, 1.82) is 0 Å². The Balaban J connectivity index is 2.18. The van der Waals surface area contributed by atoms with Gasteiger partial charge in [-0.1, -0.05) is 30.3 Å². The van der Waals surface area contributed by atoms with E-state index in [2.05, 4.69) is 0 Å². The van der Waals surface area contributed by atoms with Crippen LogP contribution in [0.5, 0.6) is 5.75 Å². The Morgan fingerprint density at radius 1 is 1.10 bits per heavy atom. The van der Waals surface area contributed by atoms with Gasteiger partial charge in [0.05, 0.1) is 12.0 Å². The molecule has 0 aliphatic heterocycles. The van der Waals surface area contributed by atoms with Gasteiger partial charge in [-0.2, -0.15) is 0 Å². The predicted octanol–water partition coefficient (Wildman–Crippen LogP) is 3.57. The molecule has 0 radical (unpaired) electrons. The monoisotopic (exact) mass is 286 g/mol. The molecule has 2 rings (SSSR count). The van der Waals surface area contributed by atoms with E-state index in [1.807, 2.05) is 30.3 Å². The fourth-order valence-corrected chi connectivity index (χ4v) is 1.90. The lowest BCUT2D eigenvalue weighted by molar-refractivity contribution is -0.116. The van der Waals surface area contributed by atoms with Gasteiger partial charge in [-0.05, 0) is 30.7 Å². The maximum Gasteiger partial charge on any atom is 0.174 e. The van der Waals surface area contributed by atoms with Crippen LogP contribution in [0.3, 0.4) is 0 Å². The minimum absolute atomic E-state index is 0.0983. The first-order valence-corrected chi connectivity index (χ1v) is 6.55. The zero-order chi connectivity index (χ0) is 15.2. The van der Waals surface area contributed by atoms with E-state index in [-0.39, 0.29) is 30.1 Å². The van der Waals surface area contributed by atoms with Gasteiger partial charge in [-0.3, -0.25) is 9.59 Å². The van der Waals surface area contributed by atoms with E-state index in [1.165, 1.54) is 19.1 Å². The highest BCUT2D eigenvalue weighted by atomic mass is 19.1. The molecule has 0 saturated carbocycles. The Kier molecular flexibility index (Phi) is 4.82. The summed E-state index contributed by atoms with van der Waals surface area (Å²) in [7, 11) is 0. The third-order valence-corrected chi connectivity index (χ3v) is 2.89. The first-order chi connectivity index (χ1) is 10.1. The number of carbonyl (C=O) groups excluding carboxylic acids is 2. The maximum atomic E-state index is 13.3. The molecule has 108 valence electrons. The zero-order valence-electron chi connectivity index (χ0n) is 11.6. The summed E-state index contributed by atoms with van der Waals surface area (Å²) in [4.78, 5) is 23.0. The van der Waals surface area contributed by atoms with Crippen molar-refractivity contribution in [2.24, 2.45) is 0 Å². The van der Waals surface area contributed by atoms with Crippen molar-refractivity contribution in [3.8, 4) is 5.75 Å². The number of rotatable bonds is 6. The molecule has 0 spiro atoms. The highest BCUT2D eigenvalue weighted by molar-refractivity contribution is 6.08. The molecule has 0 aliphatic rings. The van der Waals surface area contributed by atoms with Crippen molar-refractivity contribution in [2.45, 2.75) is 20.0 Å². The fraction of sp³-hybridized carbons (Fsp3) is 0.176. The summed E-state index contributed by atoms with van der Waals surface area (Å²) in [6, 6.07) is 13.2. The molecule has 4 heteroatoms. The lowest BCUT2D eigenvalue weighted by Crippen LogP contribution is -2.08. The van der Waals surface area contributed by atoms with Crippen LogP contribution < -0.4 is 4.74 Å². The van der Waals surface area contributed by atoms with E-state index >= 15 is 0 Å². The summed E-state index contributed by atoms with van der Waals surface area (Å²) in [5.74, 6) is -0.955. The average molecular weight is 286 g/mol. The normalized spacial score (nSPS) is 10.2. The molecule has 0 N–H and O–H groups in total. The predicted molar refractivity (Wildman–Crippen MR) is 76.8 cm³/mol. The lowest BCUT2D eigenvalue weighted by atomic mass is 10.1. The number of hydrogen-bond donors (Lipinski definition) is 0. The van der Waals surface area contributed by atoms with Gasteiger partial charge in [-0.15, -0.1) is 0 Å². The van der Waals surface area contributed by atoms with Crippen LogP contribution in [0.25, 0.3) is 0 Å². The van der Waals surface area contributed by atoms with Crippen molar-refractivity contribution in [3.05, 3.63) is 65.5 Å². The Hall–Kier alpha value is -2.49. The van der Waals surface area contributed by atoms with E-state index in [0.717, 1.165) is 11.6 Å². The molecule has 3 nitrogen and oxygen atoms in total. The number of ketones is 2. The molecule has 21 heavy (non-hydrogen) atoms. The summed E-state index contributed by atoms with van der Waals surface area (Å²) < 4.78 is 18.9. The van der Waals surface area contributed by atoms with Crippen LogP contribution in [0.15, 0.2) is 48.5 Å². The minimum atomic E-state index is -0.533. The molecule has 2 aromatic carbocycles. The van der Waals surface area contributed by atoms with Crippen LogP contribution in [0.1, 0.15) is 29.3 Å². The van der Waals surface area contributed by atoms with Crippen LogP contribution in [0, 0.1) is 5.82 Å². The second-order valence-electron chi connectivity index (χ2n) is 4.72. The number of halogens is 1. The maximum absolute atomic E-state index is 13.3. The highest BCUT2D eigenvalue weighted by Gasteiger charge is 2.15. The molecule has 0 heterocycles. The SMILES string of the molecule is CC(=O)CC(=O)c1cc(F)ccc1OCc1ccccc1. The van der Waals surface area contributed by atoms with Crippen LogP contribution in [-0.2, 0) is 11.4 Å². The van der Waals surface area contributed by atoms with E-state index in [0.29, 0.717) is 0 Å². The van der Waals surface area contributed by atoms with Gasteiger partial charge in [0.15, 0.2) is 5.78 Å². The Bertz CT molecular complexity index is 650. The summed E-state index contributed by atoms with van der Waals surface area (Å²) in [6.07, 6.45) is -0.259. The molecule has 0 bridgehead atoms. The van der Waals surface area contributed by atoms with Crippen LogP contribution in [-0.4, -0.2) is 11.6 Å². The summed E-state index contributed by atoms with van der Waals surface area (Å²) in [5, 5.41) is 0. The first-order valence-electron chi connectivity index (χ1n) is 6.55. The molecular weight excluding hydrogens is 271 g/mol. The number of ether oxygens (including phenoxy) is 1. The topological polar surface area (TPSA) is 43.4 Å². The number of benzene rings is 2. The lowest BCUT2D eigenvalue weighted by Gasteiger charge is -2.10. The largest absolute Gasteiger partial charge is 0.488 e. The molecular formula is C17H15FO3. The van der Waals surface area contributed by atoms with E-state index in [4.69, 9.17) is 4.74 Å². The minimum Gasteiger partial charge on any atom is -0.488 e. The molecule has 2 aromatic rings. The van der Waals surface area contributed by atoms with Gasteiger partial charge in [0.2, 0.25) is 0 Å². The van der Waals surface area contributed by atoms with Crippen LogP contribution >= 0.6 is 0 Å². The van der Waals surface area contributed by atoms with Gasteiger partial charge in [0.25, 0.3) is 0 Å². The molecule has 0 aliphatic carbocycles. The summed E-state index contributed by atoms with van der Waals surface area (Å²) >= 11 is 0. The van der Waals surface area contributed by atoms with Crippen molar-refractivity contribution < 1.29 is 18.7 Å². The van der Waals surface area contributed by atoms with Gasteiger partial charge in [0.1, 0.15) is 24.0 Å². The molecule has 0 saturated heterocycles. The molecule has 0 amide bonds. The number of Topliss-reactive ketones (excluding diaryl/α,β-unsaturated/α-hetero) is 2. The first kappa shape index (κ1) is 14.9. The van der Waals surface area contributed by atoms with Crippen molar-refractivity contribution >= 4 is 11.6 Å². The van der Waals surface area contributed by atoms with E-state index < -0.39 is 11.6 Å². The van der Waals surface area contributed by atoms with Crippen LogP contribution in [0.2, 0.25) is 0 Å². The summed E-state index contributed by atoms with van der Waals surface area (Å²) in [5.41, 5.74) is 1.04. The number of carbonyl (C=O) groups is 2. The molecule has 0 atom stereocenters. The molecule has 0 fully saturated rings. The zero-order valence-corrected chi connectivity index (χ0v) is 11.6. The van der Waals surface area contributed by atoms with E-state index in [1.54, 1.807) is 0 Å². The van der Waals surface area contributed by atoms with Gasteiger partial charge in [-0.25, -0.2) is 4.39 Å². The fourth-order valence-electron chi connectivity index (χ4n) is 1.90. The highest BCUT2D eigenvalue weighted by Crippen LogP contribution is 2.22. The Labute approximate surface area is 122 Å². The van der Waals surface area contributed by atoms with Gasteiger partial charge in [0, 0.05) is 0 Å². The Morgan fingerprint density at radius 3 is 2.48 bits per heavy atom. The second-order valence-corrected chi connectivity index (χ2v) is 4.72. The van der Waals surface area contributed by atoms with Crippen LogP contribution in [0.4, 0.5) is 4.39 Å². The molecule has 0 aromatic heterocycles. The second kappa shape index (κ2) is 6.79. The quantitative estimate of drug-likeness (QED) is 0.602. The Morgan fingerprint density at radius 2 is 1.81 bits per heavy atom. The van der Waals surface area contributed by atoms with Crippen molar-refractivity contribution in [2.75, 3.05) is 0 Å². The third-order valence-electron chi connectivity index (χ3n) is 2.89. The average Bonchev–Trinajstić information content (AvgIpc) is 2.46. The molecule has 0 unspecified atom stereocenters.